The summed E-state index contributed by atoms with van der Waals surface area (Å²) in [6.45, 7) is 8.26. The molecule has 0 aliphatic carbocycles. The third kappa shape index (κ3) is 2.35. The minimum atomic E-state index is 0.412. The van der Waals surface area contributed by atoms with Crippen LogP contribution >= 0.6 is 0 Å². The number of hydrogen-bond acceptors (Lipinski definition) is 1. The second kappa shape index (κ2) is 4.27. The molecule has 1 rings (SSSR count). The lowest BCUT2D eigenvalue weighted by atomic mass is 10.1. The SMILES string of the molecule is C[CH]NC(C)c1cccc(C)c1. The molecule has 1 nitrogen and oxygen atoms in total. The molecule has 1 radical (unpaired) electrons. The molecule has 1 atom stereocenters. The van der Waals surface area contributed by atoms with Crippen molar-refractivity contribution >= 4 is 0 Å². The molecular formula is C11H16N. The summed E-state index contributed by atoms with van der Waals surface area (Å²) in [6.07, 6.45) is 0. The van der Waals surface area contributed by atoms with Gasteiger partial charge in [-0.1, -0.05) is 29.8 Å². The number of hydrogen-bond donors (Lipinski definition) is 1. The van der Waals surface area contributed by atoms with Gasteiger partial charge in [0.15, 0.2) is 0 Å². The van der Waals surface area contributed by atoms with Crippen LogP contribution in [0.3, 0.4) is 0 Å². The summed E-state index contributed by atoms with van der Waals surface area (Å²) in [7, 11) is 0. The molecule has 1 aromatic rings. The lowest BCUT2D eigenvalue weighted by molar-refractivity contribution is 0.648. The quantitative estimate of drug-likeness (QED) is 0.720. The fourth-order valence-corrected chi connectivity index (χ4v) is 1.29. The second-order valence-electron chi connectivity index (χ2n) is 3.09. The van der Waals surface area contributed by atoms with Crippen molar-refractivity contribution in [2.24, 2.45) is 0 Å². The Labute approximate surface area is 74.8 Å². The van der Waals surface area contributed by atoms with Gasteiger partial charge in [0.1, 0.15) is 0 Å². The Morgan fingerprint density at radius 1 is 1.42 bits per heavy atom. The highest BCUT2D eigenvalue weighted by Gasteiger charge is 2.01. The highest BCUT2D eigenvalue weighted by molar-refractivity contribution is 5.24. The number of rotatable bonds is 3. The van der Waals surface area contributed by atoms with Gasteiger partial charge in [-0.2, -0.15) is 0 Å². The van der Waals surface area contributed by atoms with E-state index in [1.54, 1.807) is 0 Å². The van der Waals surface area contributed by atoms with E-state index in [9.17, 15) is 0 Å². The van der Waals surface area contributed by atoms with Gasteiger partial charge < -0.3 is 5.32 Å². The zero-order valence-electron chi connectivity index (χ0n) is 7.96. The van der Waals surface area contributed by atoms with Crippen LogP contribution in [0.2, 0.25) is 0 Å². The third-order valence-electron chi connectivity index (χ3n) is 1.96. The summed E-state index contributed by atoms with van der Waals surface area (Å²) in [5.74, 6) is 0. The summed E-state index contributed by atoms with van der Waals surface area (Å²) in [5.41, 5.74) is 2.66. The molecule has 65 valence electrons. The van der Waals surface area contributed by atoms with Crippen molar-refractivity contribution < 1.29 is 0 Å². The Morgan fingerprint density at radius 3 is 2.75 bits per heavy atom. The van der Waals surface area contributed by atoms with E-state index in [4.69, 9.17) is 0 Å². The Balaban J connectivity index is 2.73. The van der Waals surface area contributed by atoms with Gasteiger partial charge in [-0.05, 0) is 26.3 Å². The molecule has 0 saturated heterocycles. The topological polar surface area (TPSA) is 12.0 Å². The Kier molecular flexibility index (Phi) is 3.30. The molecule has 0 amide bonds. The number of nitrogens with one attached hydrogen (secondary N) is 1. The van der Waals surface area contributed by atoms with Gasteiger partial charge in [-0.25, -0.2) is 0 Å². The maximum atomic E-state index is 3.26. The van der Waals surface area contributed by atoms with Gasteiger partial charge in [0.2, 0.25) is 0 Å². The second-order valence-corrected chi connectivity index (χ2v) is 3.09. The van der Waals surface area contributed by atoms with Crippen LogP contribution in [0.4, 0.5) is 0 Å². The molecule has 0 bridgehead atoms. The molecule has 1 heteroatoms. The Morgan fingerprint density at radius 2 is 2.17 bits per heavy atom. The van der Waals surface area contributed by atoms with Crippen LogP contribution in [0.15, 0.2) is 24.3 Å². The van der Waals surface area contributed by atoms with Crippen molar-refractivity contribution in [3.63, 3.8) is 0 Å². The molecule has 0 fully saturated rings. The molecule has 0 spiro atoms. The first kappa shape index (κ1) is 9.27. The van der Waals surface area contributed by atoms with Crippen molar-refractivity contribution in [3.8, 4) is 0 Å². The summed E-state index contributed by atoms with van der Waals surface area (Å²) in [5, 5.41) is 3.26. The molecule has 1 aromatic carbocycles. The van der Waals surface area contributed by atoms with Crippen molar-refractivity contribution in [1.82, 2.24) is 5.32 Å². The molecule has 0 saturated carbocycles. The summed E-state index contributed by atoms with van der Waals surface area (Å²) >= 11 is 0. The fourth-order valence-electron chi connectivity index (χ4n) is 1.29. The zero-order chi connectivity index (χ0) is 8.97. The van der Waals surface area contributed by atoms with Crippen LogP contribution in [0.5, 0.6) is 0 Å². The fraction of sp³-hybridized carbons (Fsp3) is 0.364. The van der Waals surface area contributed by atoms with E-state index >= 15 is 0 Å². The minimum absolute atomic E-state index is 0.412. The first-order valence-electron chi connectivity index (χ1n) is 4.34. The maximum Gasteiger partial charge on any atom is 0.0294 e. The molecule has 1 unspecified atom stereocenters. The van der Waals surface area contributed by atoms with Gasteiger partial charge in [0.25, 0.3) is 0 Å². The normalized spacial score (nSPS) is 12.9. The molecule has 1 N–H and O–H groups in total. The van der Waals surface area contributed by atoms with Gasteiger partial charge in [0.05, 0.1) is 0 Å². The standard InChI is InChI=1S/C11H16N/c1-4-12-10(3)11-7-5-6-9(2)8-11/h4-8,10,12H,1-3H3. The molecular weight excluding hydrogens is 146 g/mol. The summed E-state index contributed by atoms with van der Waals surface area (Å²) < 4.78 is 0. The highest BCUT2D eigenvalue weighted by atomic mass is 14.9. The number of aryl methyl sites for hydroxylation is 1. The van der Waals surface area contributed by atoms with Crippen LogP contribution in [0, 0.1) is 13.5 Å². The molecule has 12 heavy (non-hydrogen) atoms. The predicted molar refractivity (Wildman–Crippen MR) is 52.7 cm³/mol. The Bertz CT molecular complexity index is 243. The van der Waals surface area contributed by atoms with Gasteiger partial charge in [0, 0.05) is 12.6 Å². The largest absolute Gasteiger partial charge is 0.306 e. The highest BCUT2D eigenvalue weighted by Crippen LogP contribution is 2.13. The van der Waals surface area contributed by atoms with Crippen LogP contribution in [0.1, 0.15) is 31.0 Å². The molecule has 0 aliphatic rings. The van der Waals surface area contributed by atoms with E-state index in [1.165, 1.54) is 11.1 Å². The third-order valence-corrected chi connectivity index (χ3v) is 1.96. The lowest BCUT2D eigenvalue weighted by Crippen LogP contribution is -2.13. The van der Waals surface area contributed by atoms with Crippen molar-refractivity contribution in [2.45, 2.75) is 26.8 Å². The van der Waals surface area contributed by atoms with E-state index in [-0.39, 0.29) is 0 Å². The summed E-state index contributed by atoms with van der Waals surface area (Å²) in [4.78, 5) is 0. The maximum absolute atomic E-state index is 3.26. The predicted octanol–water partition coefficient (Wildman–Crippen LogP) is 2.83. The molecule has 0 heterocycles. The van der Waals surface area contributed by atoms with E-state index in [0.717, 1.165) is 0 Å². The van der Waals surface area contributed by atoms with Gasteiger partial charge >= 0.3 is 0 Å². The first-order chi connectivity index (χ1) is 5.74. The summed E-state index contributed by atoms with van der Waals surface area (Å²) in [6, 6.07) is 8.98. The first-order valence-corrected chi connectivity index (χ1v) is 4.34. The lowest BCUT2D eigenvalue weighted by Gasteiger charge is -2.12. The van der Waals surface area contributed by atoms with Crippen LogP contribution < -0.4 is 5.32 Å². The van der Waals surface area contributed by atoms with Gasteiger partial charge in [-0.3, -0.25) is 0 Å². The molecule has 0 aliphatic heterocycles. The van der Waals surface area contributed by atoms with Crippen molar-refractivity contribution in [2.75, 3.05) is 0 Å². The minimum Gasteiger partial charge on any atom is -0.306 e. The van der Waals surface area contributed by atoms with Crippen LogP contribution in [-0.4, -0.2) is 0 Å². The zero-order valence-corrected chi connectivity index (χ0v) is 7.96. The van der Waals surface area contributed by atoms with E-state index < -0.39 is 0 Å². The average molecular weight is 162 g/mol. The van der Waals surface area contributed by atoms with Crippen LogP contribution in [-0.2, 0) is 0 Å². The average Bonchev–Trinajstić information content (AvgIpc) is 2.05. The molecule has 0 aromatic heterocycles. The van der Waals surface area contributed by atoms with Crippen molar-refractivity contribution in [3.05, 3.63) is 41.9 Å². The number of benzene rings is 1. The van der Waals surface area contributed by atoms with Crippen LogP contribution in [0.25, 0.3) is 0 Å². The Hall–Kier alpha value is -0.820. The smallest absolute Gasteiger partial charge is 0.0294 e. The van der Waals surface area contributed by atoms with Crippen molar-refractivity contribution in [1.29, 1.82) is 0 Å². The van der Waals surface area contributed by atoms with Gasteiger partial charge in [-0.15, -0.1) is 0 Å². The van der Waals surface area contributed by atoms with E-state index in [2.05, 4.69) is 43.4 Å². The monoisotopic (exact) mass is 162 g/mol. The van der Waals surface area contributed by atoms with E-state index in [0.29, 0.717) is 6.04 Å². The van der Waals surface area contributed by atoms with E-state index in [1.807, 2.05) is 13.5 Å².